The van der Waals surface area contributed by atoms with Gasteiger partial charge in [-0.3, -0.25) is 4.79 Å². The van der Waals surface area contributed by atoms with E-state index in [1.165, 1.54) is 23.1 Å². The van der Waals surface area contributed by atoms with Crippen LogP contribution in [0.25, 0.3) is 0 Å². The van der Waals surface area contributed by atoms with Crippen LogP contribution in [0.5, 0.6) is 0 Å². The Labute approximate surface area is 110 Å². The highest BCUT2D eigenvalue weighted by atomic mass is 19.4. The Morgan fingerprint density at radius 3 is 2.47 bits per heavy atom. The third-order valence-electron chi connectivity index (χ3n) is 2.76. The predicted molar refractivity (Wildman–Crippen MR) is 66.7 cm³/mol. The highest BCUT2D eigenvalue weighted by Crippen LogP contribution is 2.32. The molecule has 1 rings (SSSR count). The van der Waals surface area contributed by atoms with Crippen LogP contribution in [0, 0.1) is 0 Å². The zero-order chi connectivity index (χ0) is 14.5. The van der Waals surface area contributed by atoms with Crippen molar-refractivity contribution >= 4 is 5.91 Å². The van der Waals surface area contributed by atoms with E-state index in [9.17, 15) is 18.0 Å². The maximum atomic E-state index is 12.8. The van der Waals surface area contributed by atoms with Gasteiger partial charge in [-0.1, -0.05) is 12.1 Å². The van der Waals surface area contributed by atoms with Crippen molar-refractivity contribution in [3.8, 4) is 0 Å². The smallest absolute Gasteiger partial charge is 0.339 e. The van der Waals surface area contributed by atoms with Crippen molar-refractivity contribution in [3.63, 3.8) is 0 Å². The van der Waals surface area contributed by atoms with E-state index < -0.39 is 17.6 Å². The first-order chi connectivity index (χ1) is 8.91. The van der Waals surface area contributed by atoms with Crippen LogP contribution in [0.3, 0.4) is 0 Å². The molecule has 0 bridgehead atoms. The maximum Gasteiger partial charge on any atom is 0.417 e. The minimum Gasteiger partial charge on any atom is -0.339 e. The number of hydrogen-bond donors (Lipinski definition) is 1. The SMILES string of the molecule is CCN(CCCN)C(=O)c1ccccc1C(F)(F)F. The molecule has 0 radical (unpaired) electrons. The number of carbonyl (C=O) groups excluding carboxylic acids is 1. The van der Waals surface area contributed by atoms with E-state index in [1.54, 1.807) is 6.92 Å². The molecule has 1 aromatic rings. The van der Waals surface area contributed by atoms with Crippen molar-refractivity contribution in [2.45, 2.75) is 19.5 Å². The predicted octanol–water partition coefficient (Wildman–Crippen LogP) is 2.52. The molecule has 3 nitrogen and oxygen atoms in total. The number of carbonyl (C=O) groups is 1. The molecule has 2 N–H and O–H groups in total. The molecular weight excluding hydrogens is 257 g/mol. The van der Waals surface area contributed by atoms with Crippen LogP contribution in [0.2, 0.25) is 0 Å². The summed E-state index contributed by atoms with van der Waals surface area (Å²) >= 11 is 0. The van der Waals surface area contributed by atoms with Gasteiger partial charge in [-0.2, -0.15) is 13.2 Å². The van der Waals surface area contributed by atoms with E-state index in [4.69, 9.17) is 5.73 Å². The van der Waals surface area contributed by atoms with Gasteiger partial charge in [0.1, 0.15) is 0 Å². The molecule has 1 amide bonds. The van der Waals surface area contributed by atoms with E-state index in [0.29, 0.717) is 26.1 Å². The summed E-state index contributed by atoms with van der Waals surface area (Å²) in [4.78, 5) is 13.5. The standard InChI is InChI=1S/C13H17F3N2O/c1-2-18(9-5-8-17)12(19)10-6-3-4-7-11(10)13(14,15)16/h3-4,6-7H,2,5,8-9,17H2,1H3. The molecule has 0 aromatic heterocycles. The Kier molecular flexibility index (Phi) is 5.35. The first-order valence-electron chi connectivity index (χ1n) is 6.07. The van der Waals surface area contributed by atoms with Crippen molar-refractivity contribution in [1.82, 2.24) is 4.90 Å². The number of halogens is 3. The van der Waals surface area contributed by atoms with Gasteiger partial charge in [0.2, 0.25) is 0 Å². The van der Waals surface area contributed by atoms with Crippen LogP contribution >= 0.6 is 0 Å². The maximum absolute atomic E-state index is 12.8. The highest BCUT2D eigenvalue weighted by Gasteiger charge is 2.35. The molecule has 1 aromatic carbocycles. The third kappa shape index (κ3) is 3.96. The fourth-order valence-corrected chi connectivity index (χ4v) is 1.77. The Bertz CT molecular complexity index is 432. The molecule has 0 aliphatic heterocycles. The number of hydrogen-bond acceptors (Lipinski definition) is 2. The molecule has 0 spiro atoms. The van der Waals surface area contributed by atoms with Crippen molar-refractivity contribution in [1.29, 1.82) is 0 Å². The van der Waals surface area contributed by atoms with Gasteiger partial charge in [-0.25, -0.2) is 0 Å². The highest BCUT2D eigenvalue weighted by molar-refractivity contribution is 5.95. The van der Waals surface area contributed by atoms with Crippen LogP contribution in [0.15, 0.2) is 24.3 Å². The molecular formula is C13H17F3N2O. The fourth-order valence-electron chi connectivity index (χ4n) is 1.77. The van der Waals surface area contributed by atoms with Crippen molar-refractivity contribution < 1.29 is 18.0 Å². The molecule has 6 heteroatoms. The lowest BCUT2D eigenvalue weighted by Crippen LogP contribution is -2.34. The zero-order valence-electron chi connectivity index (χ0n) is 10.7. The number of amides is 1. The molecule has 0 aliphatic carbocycles. The quantitative estimate of drug-likeness (QED) is 0.896. The number of rotatable bonds is 5. The van der Waals surface area contributed by atoms with Crippen LogP contribution in [-0.2, 0) is 6.18 Å². The average Bonchev–Trinajstić information content (AvgIpc) is 2.38. The molecule has 0 fully saturated rings. The lowest BCUT2D eigenvalue weighted by molar-refractivity contribution is -0.138. The average molecular weight is 274 g/mol. The molecule has 0 atom stereocenters. The Morgan fingerprint density at radius 2 is 1.95 bits per heavy atom. The molecule has 0 saturated carbocycles. The number of nitrogens with two attached hydrogens (primary N) is 1. The molecule has 0 heterocycles. The second kappa shape index (κ2) is 6.56. The van der Waals surface area contributed by atoms with E-state index in [1.807, 2.05) is 0 Å². The van der Waals surface area contributed by atoms with E-state index in [2.05, 4.69) is 0 Å². The molecule has 19 heavy (non-hydrogen) atoms. The summed E-state index contributed by atoms with van der Waals surface area (Å²) in [6.45, 7) is 2.83. The number of benzene rings is 1. The Hall–Kier alpha value is -1.56. The largest absolute Gasteiger partial charge is 0.417 e. The van der Waals surface area contributed by atoms with Gasteiger partial charge in [-0.05, 0) is 32.0 Å². The molecule has 0 saturated heterocycles. The van der Waals surface area contributed by atoms with Crippen LogP contribution in [0.4, 0.5) is 13.2 Å². The summed E-state index contributed by atoms with van der Waals surface area (Å²) in [5.74, 6) is -0.608. The first-order valence-corrected chi connectivity index (χ1v) is 6.07. The minimum absolute atomic E-state index is 0.311. The van der Waals surface area contributed by atoms with Crippen molar-refractivity contribution in [2.24, 2.45) is 5.73 Å². The Morgan fingerprint density at radius 1 is 1.32 bits per heavy atom. The summed E-state index contributed by atoms with van der Waals surface area (Å²) in [6, 6.07) is 4.83. The number of nitrogens with zero attached hydrogens (tertiary/aromatic N) is 1. The molecule has 0 aliphatic rings. The summed E-state index contributed by atoms with van der Waals surface area (Å²) < 4.78 is 38.5. The summed E-state index contributed by atoms with van der Waals surface area (Å²) in [6.07, 6.45) is -3.96. The van der Waals surface area contributed by atoms with Gasteiger partial charge in [0.15, 0.2) is 0 Å². The first kappa shape index (κ1) is 15.5. The normalized spacial score (nSPS) is 11.4. The van der Waals surface area contributed by atoms with Gasteiger partial charge in [-0.15, -0.1) is 0 Å². The van der Waals surface area contributed by atoms with Gasteiger partial charge in [0, 0.05) is 13.1 Å². The fraction of sp³-hybridized carbons (Fsp3) is 0.462. The van der Waals surface area contributed by atoms with E-state index in [0.717, 1.165) is 6.07 Å². The van der Waals surface area contributed by atoms with Gasteiger partial charge >= 0.3 is 6.18 Å². The number of alkyl halides is 3. The van der Waals surface area contributed by atoms with Crippen LogP contribution in [-0.4, -0.2) is 30.4 Å². The lowest BCUT2D eigenvalue weighted by Gasteiger charge is -2.22. The summed E-state index contributed by atoms with van der Waals surface area (Å²) in [7, 11) is 0. The van der Waals surface area contributed by atoms with Crippen LogP contribution in [0.1, 0.15) is 29.3 Å². The Balaban J connectivity index is 3.05. The summed E-state index contributed by atoms with van der Waals surface area (Å²) in [5.41, 5.74) is 4.14. The second-order valence-corrected chi connectivity index (χ2v) is 4.07. The van der Waals surface area contributed by atoms with E-state index >= 15 is 0 Å². The summed E-state index contributed by atoms with van der Waals surface area (Å²) in [5, 5.41) is 0. The van der Waals surface area contributed by atoms with Gasteiger partial charge in [0.05, 0.1) is 11.1 Å². The minimum atomic E-state index is -4.53. The van der Waals surface area contributed by atoms with Crippen LogP contribution < -0.4 is 5.73 Å². The third-order valence-corrected chi connectivity index (χ3v) is 2.76. The lowest BCUT2D eigenvalue weighted by atomic mass is 10.1. The van der Waals surface area contributed by atoms with Gasteiger partial charge < -0.3 is 10.6 Å². The van der Waals surface area contributed by atoms with Crippen molar-refractivity contribution in [3.05, 3.63) is 35.4 Å². The topological polar surface area (TPSA) is 46.3 Å². The zero-order valence-corrected chi connectivity index (χ0v) is 10.7. The van der Waals surface area contributed by atoms with Crippen molar-refractivity contribution in [2.75, 3.05) is 19.6 Å². The molecule has 106 valence electrons. The monoisotopic (exact) mass is 274 g/mol. The van der Waals surface area contributed by atoms with E-state index in [-0.39, 0.29) is 5.56 Å². The molecule has 0 unspecified atom stereocenters. The second-order valence-electron chi connectivity index (χ2n) is 4.07. The van der Waals surface area contributed by atoms with Gasteiger partial charge in [0.25, 0.3) is 5.91 Å².